The third-order valence-electron chi connectivity index (χ3n) is 0. The van der Waals surface area contributed by atoms with Crippen LogP contribution >= 0.6 is 36.7 Å². The summed E-state index contributed by atoms with van der Waals surface area (Å²) in [5.41, 5.74) is 0. The van der Waals surface area contributed by atoms with Crippen LogP contribution in [0.1, 0.15) is 20.8 Å². The van der Waals surface area contributed by atoms with E-state index in [0.29, 0.717) is 12.6 Å². The number of rotatable bonds is 0. The first kappa shape index (κ1) is 24.2. The summed E-state index contributed by atoms with van der Waals surface area (Å²) >= 11 is 26.1. The van der Waals surface area contributed by atoms with Gasteiger partial charge in [0.15, 0.2) is 0 Å². The zero-order chi connectivity index (χ0) is 10.7. The van der Waals surface area contributed by atoms with Gasteiger partial charge >= 0.3 is 26.2 Å². The van der Waals surface area contributed by atoms with Crippen molar-refractivity contribution in [1.29, 1.82) is 0 Å². The second kappa shape index (κ2) is 19.4. The maximum atomic E-state index is 4.35. The summed E-state index contributed by atoms with van der Waals surface area (Å²) in [7, 11) is 0. The summed E-state index contributed by atoms with van der Waals surface area (Å²) in [6.45, 7) is 5.14. The molecule has 0 saturated carbocycles. The molecule has 13 heavy (non-hydrogen) atoms. The fourth-order valence-electron chi connectivity index (χ4n) is 0. The number of hydrogen-bond donors (Lipinski definition) is 0. The SMILES string of the molecule is CC(=S)[S-].CC(=S)[S-].CC(=S)[S-].[Bi+3]. The van der Waals surface area contributed by atoms with Crippen LogP contribution in [0.3, 0.4) is 0 Å². The molecule has 0 spiro atoms. The van der Waals surface area contributed by atoms with E-state index in [9.17, 15) is 0 Å². The Hall–Kier alpha value is 1.81. The molecule has 0 heterocycles. The number of thiocarbonyl (C=S) groups is 3. The van der Waals surface area contributed by atoms with E-state index in [4.69, 9.17) is 0 Å². The monoisotopic (exact) mass is 482 g/mol. The zero-order valence-corrected chi connectivity index (χ0v) is 15.8. The Bertz CT molecular complexity index is 115. The fraction of sp³-hybridized carbons (Fsp3) is 0.500. The second-order valence-corrected chi connectivity index (χ2v) is 5.92. The molecule has 0 nitrogen and oxygen atoms in total. The molecule has 0 aromatic rings. The van der Waals surface area contributed by atoms with Crippen molar-refractivity contribution in [2.45, 2.75) is 20.8 Å². The molecule has 0 fully saturated rings. The van der Waals surface area contributed by atoms with Crippen LogP contribution in [0.5, 0.6) is 0 Å². The molecule has 0 atom stereocenters. The van der Waals surface area contributed by atoms with E-state index in [1.807, 2.05) is 0 Å². The van der Waals surface area contributed by atoms with Gasteiger partial charge in [0.1, 0.15) is 0 Å². The Labute approximate surface area is 132 Å². The van der Waals surface area contributed by atoms with Crippen molar-refractivity contribution in [3.63, 3.8) is 0 Å². The minimum Gasteiger partial charge on any atom is -0.433 e. The molecule has 0 bridgehead atoms. The predicted octanol–water partition coefficient (Wildman–Crippen LogP) is 2.26. The van der Waals surface area contributed by atoms with Gasteiger partial charge in [-0.05, 0) is 0 Å². The van der Waals surface area contributed by atoms with Gasteiger partial charge < -0.3 is 74.5 Å². The van der Waals surface area contributed by atoms with Crippen molar-refractivity contribution < 1.29 is 0 Å². The average molecular weight is 483 g/mol. The molecular weight excluding hydrogens is 473 g/mol. The summed E-state index contributed by atoms with van der Waals surface area (Å²) in [6.07, 6.45) is 0. The molecule has 0 rings (SSSR count). The first-order valence-electron chi connectivity index (χ1n) is 2.72. The van der Waals surface area contributed by atoms with Crippen molar-refractivity contribution in [2.75, 3.05) is 0 Å². The van der Waals surface area contributed by atoms with Crippen molar-refractivity contribution >= 4 is 113 Å². The van der Waals surface area contributed by atoms with Crippen LogP contribution in [0.25, 0.3) is 0 Å². The van der Waals surface area contributed by atoms with Gasteiger partial charge in [0.05, 0.1) is 0 Å². The summed E-state index contributed by atoms with van der Waals surface area (Å²) in [5.74, 6) is 0. The topological polar surface area (TPSA) is 0 Å². The van der Waals surface area contributed by atoms with Crippen LogP contribution in [-0.4, -0.2) is 38.8 Å². The van der Waals surface area contributed by atoms with Crippen molar-refractivity contribution in [3.8, 4) is 0 Å². The van der Waals surface area contributed by atoms with Crippen LogP contribution in [0.4, 0.5) is 0 Å². The van der Waals surface area contributed by atoms with Crippen LogP contribution < -0.4 is 0 Å². The minimum absolute atomic E-state index is 0. The van der Waals surface area contributed by atoms with Crippen molar-refractivity contribution in [2.24, 2.45) is 0 Å². The van der Waals surface area contributed by atoms with Gasteiger partial charge in [0.2, 0.25) is 0 Å². The van der Waals surface area contributed by atoms with Crippen LogP contribution in [-0.2, 0) is 37.9 Å². The summed E-state index contributed by atoms with van der Waals surface area (Å²) < 4.78 is 1.75. The second-order valence-electron chi connectivity index (χ2n) is 1.47. The smallest absolute Gasteiger partial charge is 0.433 e. The normalized spacial score (nSPS) is 5.77. The molecule has 0 aromatic carbocycles. The molecule has 0 unspecified atom stereocenters. The molecule has 0 aliphatic carbocycles. The Balaban J connectivity index is -0.0000000450. The average Bonchev–Trinajstić information content (AvgIpc) is 1.54. The molecule has 0 aromatic heterocycles. The van der Waals surface area contributed by atoms with E-state index in [0.717, 1.165) is 0 Å². The van der Waals surface area contributed by atoms with Crippen molar-refractivity contribution in [1.82, 2.24) is 0 Å². The molecule has 74 valence electrons. The molecular formula is C6H9BiS6. The van der Waals surface area contributed by atoms with Crippen LogP contribution in [0.2, 0.25) is 0 Å². The van der Waals surface area contributed by atoms with E-state index >= 15 is 0 Å². The molecule has 0 N–H and O–H groups in total. The van der Waals surface area contributed by atoms with Gasteiger partial charge in [0, 0.05) is 0 Å². The van der Waals surface area contributed by atoms with E-state index in [1.165, 1.54) is 0 Å². The maximum Gasteiger partial charge on any atom is 3.00 e. The maximum absolute atomic E-state index is 4.35. The van der Waals surface area contributed by atoms with E-state index in [1.54, 1.807) is 20.8 Å². The Morgan fingerprint density at radius 1 is 0.692 bits per heavy atom. The van der Waals surface area contributed by atoms with Crippen LogP contribution in [0.15, 0.2) is 0 Å². The molecule has 7 heteroatoms. The molecule has 0 amide bonds. The van der Waals surface area contributed by atoms with E-state index in [2.05, 4.69) is 74.5 Å². The van der Waals surface area contributed by atoms with Gasteiger partial charge in [-0.2, -0.15) is 12.6 Å². The number of hydrogen-bond acceptors (Lipinski definition) is 6. The Kier molecular flexibility index (Phi) is 36.1. The van der Waals surface area contributed by atoms with Crippen LogP contribution in [0, 0.1) is 0 Å². The van der Waals surface area contributed by atoms with E-state index < -0.39 is 0 Å². The fourth-order valence-corrected chi connectivity index (χ4v) is 0. The standard InChI is InChI=1S/3C2H4S2.Bi/c3*1-2(3)4;/h3*1H3,(H,3,4);/q;;;+3/p-3. The van der Waals surface area contributed by atoms with Gasteiger partial charge in [0.25, 0.3) is 0 Å². The minimum atomic E-state index is 0. The zero-order valence-electron chi connectivity index (χ0n) is 7.40. The first-order valence-corrected chi connectivity index (χ1v) is 5.17. The quantitative estimate of drug-likeness (QED) is 0.293. The molecule has 0 saturated heterocycles. The molecule has 2 radical (unpaired) electrons. The summed E-state index contributed by atoms with van der Waals surface area (Å²) in [6, 6.07) is 0. The van der Waals surface area contributed by atoms with Gasteiger partial charge in [-0.3, -0.25) is 0 Å². The first-order chi connectivity index (χ1) is 5.20. The molecule has 0 aliphatic rings. The van der Waals surface area contributed by atoms with E-state index in [-0.39, 0.29) is 26.2 Å². The Morgan fingerprint density at radius 2 is 0.692 bits per heavy atom. The van der Waals surface area contributed by atoms with Gasteiger partial charge in [-0.15, -0.1) is 0 Å². The summed E-state index contributed by atoms with van der Waals surface area (Å²) in [4.78, 5) is 0. The van der Waals surface area contributed by atoms with Crippen molar-refractivity contribution in [3.05, 3.63) is 0 Å². The third-order valence-corrected chi connectivity index (χ3v) is 0. The predicted molar refractivity (Wildman–Crippen MR) is 82.7 cm³/mol. The van der Waals surface area contributed by atoms with Gasteiger partial charge in [-0.25, -0.2) is 0 Å². The third kappa shape index (κ3) is 586. The molecule has 0 aliphatic heterocycles. The largest absolute Gasteiger partial charge is 3.00 e. The Morgan fingerprint density at radius 3 is 0.692 bits per heavy atom. The summed E-state index contributed by atoms with van der Waals surface area (Å²) in [5, 5.41) is 0. The van der Waals surface area contributed by atoms with Gasteiger partial charge in [-0.1, -0.05) is 20.8 Å².